The molecule has 0 unspecified atom stereocenters. The van der Waals surface area contributed by atoms with Crippen LogP contribution in [0.5, 0.6) is 0 Å². The Bertz CT molecular complexity index is 743. The summed E-state index contributed by atoms with van der Waals surface area (Å²) < 4.78 is 3.10. The first-order valence-corrected chi connectivity index (χ1v) is 11.7. The number of benzene rings is 1. The summed E-state index contributed by atoms with van der Waals surface area (Å²) in [7, 11) is 1.89. The highest BCUT2D eigenvalue weighted by molar-refractivity contribution is 7.97. The molecule has 0 aromatic heterocycles. The quantitative estimate of drug-likeness (QED) is 0.172. The molecule has 0 radical (unpaired) electrons. The normalized spacial score (nSPS) is 19.0. The molecule has 166 valence electrons. The highest BCUT2D eigenvalue weighted by Gasteiger charge is 2.24. The summed E-state index contributed by atoms with van der Waals surface area (Å²) in [6.45, 7) is 3.01. The van der Waals surface area contributed by atoms with Gasteiger partial charge in [0, 0.05) is 42.2 Å². The predicted molar refractivity (Wildman–Crippen MR) is 124 cm³/mol. The van der Waals surface area contributed by atoms with E-state index in [0.717, 1.165) is 29.0 Å². The number of carbonyl (C=O) groups is 1. The maximum atomic E-state index is 11.5. The van der Waals surface area contributed by atoms with Crippen molar-refractivity contribution in [2.75, 3.05) is 25.5 Å². The van der Waals surface area contributed by atoms with Gasteiger partial charge in [0.15, 0.2) is 5.84 Å². The maximum Gasteiger partial charge on any atom is 0.219 e. The molecule has 9 heteroatoms. The Hall–Kier alpha value is -1.97. The Morgan fingerprint density at radius 1 is 1.20 bits per heavy atom. The van der Waals surface area contributed by atoms with E-state index < -0.39 is 0 Å². The fourth-order valence-electron chi connectivity index (χ4n) is 4.21. The Morgan fingerprint density at radius 3 is 2.53 bits per heavy atom. The van der Waals surface area contributed by atoms with E-state index in [2.05, 4.69) is 33.3 Å². The van der Waals surface area contributed by atoms with Crippen LogP contribution in [0.15, 0.2) is 28.2 Å². The van der Waals surface area contributed by atoms with Crippen LogP contribution in [0.25, 0.3) is 0 Å². The number of carbonyl (C=O) groups excluding carboxylic acids is 1. The molecule has 3 rings (SSSR count). The van der Waals surface area contributed by atoms with Crippen LogP contribution in [0, 0.1) is 0 Å². The van der Waals surface area contributed by atoms with Gasteiger partial charge < -0.3 is 16.0 Å². The molecule has 1 aromatic carbocycles. The summed E-state index contributed by atoms with van der Waals surface area (Å²) in [4.78, 5) is 14.5. The molecule has 2 aliphatic rings. The average molecular weight is 434 g/mol. The first-order valence-electron chi connectivity index (χ1n) is 10.9. The predicted octanol–water partition coefficient (Wildman–Crippen LogP) is 2.46. The summed E-state index contributed by atoms with van der Waals surface area (Å²) in [5.74, 6) is 6.78. The minimum absolute atomic E-state index is 0.0729. The number of anilines is 1. The van der Waals surface area contributed by atoms with Crippen molar-refractivity contribution in [1.29, 1.82) is 0 Å². The van der Waals surface area contributed by atoms with Crippen LogP contribution in [-0.2, 0) is 4.79 Å². The number of nitrogens with zero attached hydrogens (tertiary/aromatic N) is 3. The number of rotatable bonds is 7. The second-order valence-corrected chi connectivity index (χ2v) is 9.18. The second-order valence-electron chi connectivity index (χ2n) is 8.10. The zero-order valence-corrected chi connectivity index (χ0v) is 18.9. The van der Waals surface area contributed by atoms with Gasteiger partial charge in [-0.15, -0.1) is 5.10 Å². The number of nitrogens with one attached hydrogen (secondary N) is 2. The third-order valence-corrected chi connectivity index (χ3v) is 6.65. The number of amides is 1. The first-order chi connectivity index (χ1) is 14.5. The first kappa shape index (κ1) is 22.7. The van der Waals surface area contributed by atoms with E-state index in [9.17, 15) is 4.79 Å². The van der Waals surface area contributed by atoms with Crippen LogP contribution in [-0.4, -0.2) is 54.0 Å². The van der Waals surface area contributed by atoms with Gasteiger partial charge in [0.1, 0.15) is 0 Å². The molecular weight excluding hydrogens is 398 g/mol. The largest absolute Gasteiger partial charge is 0.382 e. The van der Waals surface area contributed by atoms with Gasteiger partial charge in [0.05, 0.1) is 6.04 Å². The lowest BCUT2D eigenvalue weighted by molar-refractivity contribution is -0.130. The smallest absolute Gasteiger partial charge is 0.219 e. The van der Waals surface area contributed by atoms with Crippen LogP contribution in [0.2, 0.25) is 0 Å². The van der Waals surface area contributed by atoms with E-state index in [1.807, 2.05) is 11.9 Å². The van der Waals surface area contributed by atoms with Crippen molar-refractivity contribution in [2.24, 2.45) is 16.7 Å². The monoisotopic (exact) mass is 433 g/mol. The molecule has 0 spiro atoms. The highest BCUT2D eigenvalue weighted by Crippen LogP contribution is 2.27. The number of hydrazine groups is 1. The van der Waals surface area contributed by atoms with Crippen molar-refractivity contribution in [3.63, 3.8) is 0 Å². The molecule has 1 amide bonds. The molecule has 1 aromatic rings. The molecule has 1 heterocycles. The van der Waals surface area contributed by atoms with Crippen molar-refractivity contribution in [3.05, 3.63) is 23.8 Å². The lowest BCUT2D eigenvalue weighted by atomic mass is 9.95. The topological polar surface area (TPSA) is 112 Å². The maximum absolute atomic E-state index is 11.5. The van der Waals surface area contributed by atoms with Crippen LogP contribution in [0.1, 0.15) is 57.4 Å². The molecule has 1 aliphatic carbocycles. The van der Waals surface area contributed by atoms with Gasteiger partial charge >= 0.3 is 0 Å². The zero-order chi connectivity index (χ0) is 21.5. The molecular formula is C21H35N7OS. The summed E-state index contributed by atoms with van der Waals surface area (Å²) in [5, 5.41) is 9.69. The number of amidine groups is 1. The standard InChI is InChI=1S/C21H35N7OS/c1-15(29)27-12-10-17(11-13-27)28(23)26-21(22)19-14-18(30-24-2)8-9-20(19)25-16-6-4-3-5-7-16/h8-9,14,16-17,24-25H,3-7,10-13,23H2,1-2H3,(H2,22,26). The number of hydrazone groups is 1. The molecule has 2 fully saturated rings. The molecule has 8 nitrogen and oxygen atoms in total. The molecule has 6 N–H and O–H groups in total. The number of nitrogens with two attached hydrogens (primary N) is 2. The molecule has 1 saturated carbocycles. The van der Waals surface area contributed by atoms with E-state index in [0.29, 0.717) is 25.0 Å². The zero-order valence-electron chi connectivity index (χ0n) is 18.1. The Labute approximate surface area is 183 Å². The van der Waals surface area contributed by atoms with Crippen molar-refractivity contribution in [3.8, 4) is 0 Å². The molecule has 1 saturated heterocycles. The second kappa shape index (κ2) is 10.9. The third-order valence-electron chi connectivity index (χ3n) is 5.96. The fraction of sp³-hybridized carbons (Fsp3) is 0.619. The molecule has 30 heavy (non-hydrogen) atoms. The van der Waals surface area contributed by atoms with E-state index in [1.54, 1.807) is 18.9 Å². The molecule has 1 aliphatic heterocycles. The van der Waals surface area contributed by atoms with Gasteiger partial charge in [-0.2, -0.15) is 0 Å². The molecule has 0 bridgehead atoms. The van der Waals surface area contributed by atoms with Gasteiger partial charge in [0.25, 0.3) is 0 Å². The van der Waals surface area contributed by atoms with Crippen molar-refractivity contribution in [2.45, 2.75) is 68.8 Å². The van der Waals surface area contributed by atoms with Crippen molar-refractivity contribution < 1.29 is 4.79 Å². The van der Waals surface area contributed by atoms with Gasteiger partial charge in [0.2, 0.25) is 5.91 Å². The Balaban J connectivity index is 1.75. The third kappa shape index (κ3) is 6.02. The van der Waals surface area contributed by atoms with Gasteiger partial charge in [-0.25, -0.2) is 11.0 Å². The highest BCUT2D eigenvalue weighted by atomic mass is 32.2. The van der Waals surface area contributed by atoms with Crippen LogP contribution >= 0.6 is 11.9 Å². The number of hydrogen-bond acceptors (Lipinski definition) is 7. The van der Waals surface area contributed by atoms with E-state index in [1.165, 1.54) is 37.2 Å². The fourth-order valence-corrected chi connectivity index (χ4v) is 4.76. The number of likely N-dealkylation sites (tertiary alicyclic amines) is 1. The van der Waals surface area contributed by atoms with Crippen LogP contribution < -0.4 is 21.6 Å². The van der Waals surface area contributed by atoms with E-state index >= 15 is 0 Å². The van der Waals surface area contributed by atoms with Gasteiger partial charge in [-0.1, -0.05) is 19.3 Å². The minimum Gasteiger partial charge on any atom is -0.382 e. The van der Waals surface area contributed by atoms with E-state index in [-0.39, 0.29) is 11.9 Å². The SMILES string of the molecule is CNSc1ccc(NC2CCCCC2)c(/C(N)=N/N(N)C2CCN(C(C)=O)CC2)c1. The number of piperidine rings is 1. The van der Waals surface area contributed by atoms with Gasteiger partial charge in [-0.05, 0) is 62.9 Å². The van der Waals surface area contributed by atoms with E-state index in [4.69, 9.17) is 11.6 Å². The summed E-state index contributed by atoms with van der Waals surface area (Å²) in [5.41, 5.74) is 8.32. The summed E-state index contributed by atoms with van der Waals surface area (Å²) in [6, 6.07) is 6.76. The lowest BCUT2D eigenvalue weighted by Crippen LogP contribution is -2.47. The van der Waals surface area contributed by atoms with Crippen molar-refractivity contribution >= 4 is 29.4 Å². The summed E-state index contributed by atoms with van der Waals surface area (Å²) in [6.07, 6.45) is 7.78. The van der Waals surface area contributed by atoms with Gasteiger partial charge in [-0.3, -0.25) is 9.52 Å². The lowest BCUT2D eigenvalue weighted by Gasteiger charge is -2.34. The molecule has 0 atom stereocenters. The average Bonchev–Trinajstić information content (AvgIpc) is 2.75. The van der Waals surface area contributed by atoms with Crippen LogP contribution in [0.4, 0.5) is 5.69 Å². The Morgan fingerprint density at radius 2 is 1.90 bits per heavy atom. The summed E-state index contributed by atoms with van der Waals surface area (Å²) >= 11 is 1.54. The Kier molecular flexibility index (Phi) is 8.24. The van der Waals surface area contributed by atoms with Crippen molar-refractivity contribution in [1.82, 2.24) is 14.7 Å². The van der Waals surface area contributed by atoms with Crippen LogP contribution in [0.3, 0.4) is 0 Å². The minimum atomic E-state index is 0.0729. The number of hydrogen-bond donors (Lipinski definition) is 4.